The lowest BCUT2D eigenvalue weighted by Crippen LogP contribution is -2.49. The van der Waals surface area contributed by atoms with Gasteiger partial charge in [-0.15, -0.1) is 0 Å². The average Bonchev–Trinajstić information content (AvgIpc) is 2.42. The minimum atomic E-state index is -0.715. The number of nitrogens with one attached hydrogen (secondary N) is 1. The molecule has 1 heterocycles. The number of nitrogens with zero attached hydrogens (tertiary/aromatic N) is 1. The van der Waals surface area contributed by atoms with Gasteiger partial charge in [-0.25, -0.2) is 9.59 Å². The van der Waals surface area contributed by atoms with Crippen molar-refractivity contribution in [1.29, 1.82) is 0 Å². The summed E-state index contributed by atoms with van der Waals surface area (Å²) < 4.78 is 0. The zero-order chi connectivity index (χ0) is 17.0. The molecule has 1 aromatic rings. The van der Waals surface area contributed by atoms with Gasteiger partial charge in [0.15, 0.2) is 0 Å². The number of amides is 2. The summed E-state index contributed by atoms with van der Waals surface area (Å²) >= 11 is 0. The monoisotopic (exact) mass is 318 g/mol. The van der Waals surface area contributed by atoms with Crippen LogP contribution in [0.1, 0.15) is 51.2 Å². The van der Waals surface area contributed by atoms with E-state index in [1.165, 1.54) is 5.56 Å². The Labute approximate surface area is 138 Å². The maximum atomic E-state index is 12.3. The highest BCUT2D eigenvalue weighted by atomic mass is 16.7. The summed E-state index contributed by atoms with van der Waals surface area (Å²) in [4.78, 5) is 30.6. The van der Waals surface area contributed by atoms with Crippen molar-refractivity contribution in [2.75, 3.05) is 13.1 Å². The summed E-state index contributed by atoms with van der Waals surface area (Å²) in [6.07, 6.45) is 1.57. The first-order chi connectivity index (χ1) is 10.8. The summed E-state index contributed by atoms with van der Waals surface area (Å²) in [5, 5.41) is 0. The fourth-order valence-corrected chi connectivity index (χ4v) is 2.62. The van der Waals surface area contributed by atoms with Gasteiger partial charge in [0, 0.05) is 13.1 Å². The molecule has 1 N–H and O–H groups in total. The van der Waals surface area contributed by atoms with Crippen LogP contribution in [0.15, 0.2) is 24.3 Å². The number of rotatable bonds is 4. The summed E-state index contributed by atoms with van der Waals surface area (Å²) in [5.41, 5.74) is 3.91. The molecular weight excluding hydrogens is 292 g/mol. The molecule has 1 aromatic carbocycles. The van der Waals surface area contributed by atoms with Gasteiger partial charge in [0.25, 0.3) is 0 Å². The molecule has 0 aliphatic carbocycles. The standard InChI is InChI=1S/C18H26N2O3/c1-13(2)15-9-6-5-8-14(15)12-18(3,4)16(21)23-19-17(22)20-10-7-11-20/h5-6,8-9,13H,7,10-12H2,1-4H3,(H,19,22). The van der Waals surface area contributed by atoms with Crippen LogP contribution >= 0.6 is 0 Å². The molecule has 2 rings (SSSR count). The number of likely N-dealkylation sites (tertiary alicyclic amines) is 1. The van der Waals surface area contributed by atoms with Gasteiger partial charge < -0.3 is 9.74 Å². The molecule has 0 spiro atoms. The largest absolute Gasteiger partial charge is 0.350 e. The molecule has 2 amide bonds. The van der Waals surface area contributed by atoms with Crippen molar-refractivity contribution in [1.82, 2.24) is 10.4 Å². The summed E-state index contributed by atoms with van der Waals surface area (Å²) in [6.45, 7) is 9.38. The Bertz CT molecular complexity index is 577. The van der Waals surface area contributed by atoms with Crippen LogP contribution in [-0.4, -0.2) is 30.0 Å². The minimum Gasteiger partial charge on any atom is -0.339 e. The number of hydrogen-bond donors (Lipinski definition) is 1. The highest BCUT2D eigenvalue weighted by Gasteiger charge is 2.32. The van der Waals surface area contributed by atoms with Gasteiger partial charge in [-0.2, -0.15) is 5.48 Å². The van der Waals surface area contributed by atoms with Crippen molar-refractivity contribution in [3.05, 3.63) is 35.4 Å². The van der Waals surface area contributed by atoms with Gasteiger partial charge in [-0.1, -0.05) is 38.1 Å². The van der Waals surface area contributed by atoms with Gasteiger partial charge in [0.1, 0.15) is 0 Å². The summed E-state index contributed by atoms with van der Waals surface area (Å²) in [7, 11) is 0. The van der Waals surface area contributed by atoms with Crippen LogP contribution in [-0.2, 0) is 16.1 Å². The lowest BCUT2D eigenvalue weighted by molar-refractivity contribution is -0.159. The van der Waals surface area contributed by atoms with Gasteiger partial charge in [-0.05, 0) is 43.7 Å². The number of carbonyl (C=O) groups is 2. The van der Waals surface area contributed by atoms with Gasteiger partial charge in [0.05, 0.1) is 5.41 Å². The summed E-state index contributed by atoms with van der Waals surface area (Å²) in [5.74, 6) is -0.0333. The Hall–Kier alpha value is -2.04. The summed E-state index contributed by atoms with van der Waals surface area (Å²) in [6, 6.07) is 7.78. The first-order valence-electron chi connectivity index (χ1n) is 8.15. The van der Waals surface area contributed by atoms with Crippen LogP contribution in [0.5, 0.6) is 0 Å². The van der Waals surface area contributed by atoms with E-state index in [2.05, 4.69) is 25.4 Å². The molecule has 0 bridgehead atoms. The molecule has 0 unspecified atom stereocenters. The van der Waals surface area contributed by atoms with E-state index < -0.39 is 11.4 Å². The Morgan fingerprint density at radius 1 is 1.26 bits per heavy atom. The zero-order valence-electron chi connectivity index (χ0n) is 14.4. The lowest BCUT2D eigenvalue weighted by Gasteiger charge is -2.31. The van der Waals surface area contributed by atoms with Crippen LogP contribution in [0.3, 0.4) is 0 Å². The smallest absolute Gasteiger partial charge is 0.339 e. The molecule has 1 aliphatic rings. The topological polar surface area (TPSA) is 58.6 Å². The van der Waals surface area contributed by atoms with E-state index >= 15 is 0 Å². The normalized spacial score (nSPS) is 14.4. The molecule has 126 valence electrons. The second-order valence-electron chi connectivity index (χ2n) is 7.05. The average molecular weight is 318 g/mol. The van der Waals surface area contributed by atoms with Crippen molar-refractivity contribution in [2.24, 2.45) is 5.41 Å². The van der Waals surface area contributed by atoms with Crippen LogP contribution in [0.4, 0.5) is 4.79 Å². The predicted molar refractivity (Wildman–Crippen MR) is 88.8 cm³/mol. The number of hydrogen-bond acceptors (Lipinski definition) is 3. The van der Waals surface area contributed by atoms with Crippen molar-refractivity contribution in [3.8, 4) is 0 Å². The van der Waals surface area contributed by atoms with Crippen molar-refractivity contribution < 1.29 is 14.4 Å². The molecule has 1 fully saturated rings. The second-order valence-corrected chi connectivity index (χ2v) is 7.05. The molecule has 0 saturated carbocycles. The van der Waals surface area contributed by atoms with E-state index in [1.807, 2.05) is 32.0 Å². The third-order valence-corrected chi connectivity index (χ3v) is 4.24. The molecule has 5 heteroatoms. The first kappa shape index (κ1) is 17.3. The molecule has 1 saturated heterocycles. The quantitative estimate of drug-likeness (QED) is 0.867. The van der Waals surface area contributed by atoms with Gasteiger partial charge in [0.2, 0.25) is 0 Å². The highest BCUT2D eigenvalue weighted by Crippen LogP contribution is 2.28. The molecule has 23 heavy (non-hydrogen) atoms. The maximum Gasteiger partial charge on any atom is 0.350 e. The van der Waals surface area contributed by atoms with Crippen LogP contribution in [0.2, 0.25) is 0 Å². The maximum absolute atomic E-state index is 12.3. The Morgan fingerprint density at radius 3 is 2.48 bits per heavy atom. The van der Waals surface area contributed by atoms with Crippen LogP contribution in [0, 0.1) is 5.41 Å². The SMILES string of the molecule is CC(C)c1ccccc1CC(C)(C)C(=O)ONC(=O)N1CCC1. The number of benzene rings is 1. The number of carbonyl (C=O) groups excluding carboxylic acids is 2. The number of urea groups is 1. The van der Waals surface area contributed by atoms with E-state index in [4.69, 9.17) is 4.84 Å². The molecule has 0 atom stereocenters. The van der Waals surface area contributed by atoms with Crippen LogP contribution in [0.25, 0.3) is 0 Å². The van der Waals surface area contributed by atoms with Gasteiger partial charge in [-0.3, -0.25) is 0 Å². The molecule has 5 nitrogen and oxygen atoms in total. The Balaban J connectivity index is 1.97. The van der Waals surface area contributed by atoms with E-state index in [0.29, 0.717) is 25.4 Å². The Morgan fingerprint density at radius 2 is 1.91 bits per heavy atom. The minimum absolute atomic E-state index is 0.344. The van der Waals surface area contributed by atoms with E-state index in [-0.39, 0.29) is 6.03 Å². The third kappa shape index (κ3) is 4.24. The number of hydroxylamine groups is 1. The van der Waals surface area contributed by atoms with E-state index in [0.717, 1.165) is 12.0 Å². The molecular formula is C18H26N2O3. The molecule has 1 aliphatic heterocycles. The molecule has 0 radical (unpaired) electrons. The highest BCUT2D eigenvalue weighted by molar-refractivity contribution is 5.80. The third-order valence-electron chi connectivity index (χ3n) is 4.24. The van der Waals surface area contributed by atoms with Crippen molar-refractivity contribution >= 4 is 12.0 Å². The van der Waals surface area contributed by atoms with Gasteiger partial charge >= 0.3 is 12.0 Å². The molecule has 0 aromatic heterocycles. The van der Waals surface area contributed by atoms with E-state index in [1.54, 1.807) is 4.90 Å². The lowest BCUT2D eigenvalue weighted by atomic mass is 9.82. The van der Waals surface area contributed by atoms with Crippen molar-refractivity contribution in [2.45, 2.75) is 46.5 Å². The Kier molecular flexibility index (Phi) is 5.29. The fourth-order valence-electron chi connectivity index (χ4n) is 2.62. The predicted octanol–water partition coefficient (Wildman–Crippen LogP) is 3.25. The zero-order valence-corrected chi connectivity index (χ0v) is 14.4. The first-order valence-corrected chi connectivity index (χ1v) is 8.15. The van der Waals surface area contributed by atoms with Crippen molar-refractivity contribution in [3.63, 3.8) is 0 Å². The fraction of sp³-hybridized carbons (Fsp3) is 0.556. The van der Waals surface area contributed by atoms with Crippen LogP contribution < -0.4 is 5.48 Å². The van der Waals surface area contributed by atoms with E-state index in [9.17, 15) is 9.59 Å². The second kappa shape index (κ2) is 7.02.